The minimum absolute atomic E-state index is 0. The first-order valence-corrected chi connectivity index (χ1v) is 7.48. The topological polar surface area (TPSA) is 41.6 Å². The highest BCUT2D eigenvalue weighted by atomic mass is 35.5. The highest BCUT2D eigenvalue weighted by Gasteiger charge is 2.53. The van der Waals surface area contributed by atoms with E-state index in [2.05, 4.69) is 10.2 Å². The maximum absolute atomic E-state index is 12.3. The molecule has 2 bridgehead atoms. The minimum atomic E-state index is 0. The monoisotopic (exact) mass is 286 g/mol. The highest BCUT2D eigenvalue weighted by molar-refractivity contribution is 5.85. The second kappa shape index (κ2) is 5.23. The largest absolute Gasteiger partial charge is 0.374 e. The summed E-state index contributed by atoms with van der Waals surface area (Å²) in [5, 5.41) is 3.42. The Bertz CT molecular complexity index is 341. The van der Waals surface area contributed by atoms with Crippen LogP contribution in [0.3, 0.4) is 0 Å². The molecule has 4 saturated heterocycles. The Hall–Kier alpha value is -0.320. The summed E-state index contributed by atoms with van der Waals surface area (Å²) in [5.41, 5.74) is 0. The Labute approximate surface area is 120 Å². The Morgan fingerprint density at radius 1 is 1.16 bits per heavy atom. The van der Waals surface area contributed by atoms with E-state index in [0.717, 1.165) is 19.6 Å². The smallest absolute Gasteiger partial charge is 0.224 e. The normalized spacial score (nSPS) is 43.4. The summed E-state index contributed by atoms with van der Waals surface area (Å²) in [5.74, 6) is 1.65. The van der Waals surface area contributed by atoms with E-state index in [1.165, 1.54) is 25.7 Å². The number of carbonyl (C=O) groups is 1. The summed E-state index contributed by atoms with van der Waals surface area (Å²) in [7, 11) is 0. The zero-order valence-corrected chi connectivity index (χ0v) is 12.0. The Morgan fingerprint density at radius 3 is 2.42 bits per heavy atom. The fraction of sp³-hybridized carbons (Fsp3) is 0.929. The number of likely N-dealkylation sites (tertiary alicyclic amines) is 1. The average molecular weight is 287 g/mol. The third-order valence-corrected chi connectivity index (χ3v) is 5.39. The van der Waals surface area contributed by atoms with Gasteiger partial charge in [-0.05, 0) is 32.2 Å². The third-order valence-electron chi connectivity index (χ3n) is 5.39. The van der Waals surface area contributed by atoms with E-state index >= 15 is 0 Å². The maximum atomic E-state index is 12.3. The lowest BCUT2D eigenvalue weighted by Crippen LogP contribution is -2.36. The molecule has 0 spiro atoms. The van der Waals surface area contributed by atoms with Crippen molar-refractivity contribution in [2.24, 2.45) is 11.8 Å². The molecule has 4 rings (SSSR count). The van der Waals surface area contributed by atoms with Gasteiger partial charge in [-0.15, -0.1) is 12.4 Å². The number of nitrogens with one attached hydrogen (secondary N) is 1. The van der Waals surface area contributed by atoms with Crippen LogP contribution in [-0.2, 0) is 9.53 Å². The number of hydrogen-bond donors (Lipinski definition) is 1. The average Bonchev–Trinajstić information content (AvgIpc) is 3.11. The molecule has 1 amide bonds. The molecule has 1 N–H and O–H groups in total. The van der Waals surface area contributed by atoms with Crippen LogP contribution in [0.5, 0.6) is 0 Å². The molecule has 19 heavy (non-hydrogen) atoms. The van der Waals surface area contributed by atoms with E-state index in [1.807, 2.05) is 0 Å². The van der Waals surface area contributed by atoms with Gasteiger partial charge in [0.05, 0.1) is 12.2 Å². The first kappa shape index (κ1) is 13.7. The first-order chi connectivity index (χ1) is 8.81. The van der Waals surface area contributed by atoms with Crippen molar-refractivity contribution in [2.75, 3.05) is 19.6 Å². The predicted octanol–water partition coefficient (Wildman–Crippen LogP) is 1.19. The van der Waals surface area contributed by atoms with Crippen LogP contribution < -0.4 is 5.32 Å². The summed E-state index contributed by atoms with van der Waals surface area (Å²) in [4.78, 5) is 14.4. The Morgan fingerprint density at radius 2 is 1.84 bits per heavy atom. The van der Waals surface area contributed by atoms with Gasteiger partial charge in [-0.2, -0.15) is 0 Å². The van der Waals surface area contributed by atoms with Crippen molar-refractivity contribution in [1.82, 2.24) is 10.2 Å². The summed E-state index contributed by atoms with van der Waals surface area (Å²) >= 11 is 0. The lowest BCUT2D eigenvalue weighted by Gasteiger charge is -2.20. The van der Waals surface area contributed by atoms with Gasteiger partial charge in [-0.3, -0.25) is 4.79 Å². The molecule has 5 unspecified atom stereocenters. The number of nitrogens with zero attached hydrogens (tertiary/aromatic N) is 1. The van der Waals surface area contributed by atoms with Gasteiger partial charge in [0.25, 0.3) is 0 Å². The molecule has 0 aliphatic carbocycles. The van der Waals surface area contributed by atoms with Gasteiger partial charge in [0.15, 0.2) is 0 Å². The van der Waals surface area contributed by atoms with Crippen molar-refractivity contribution < 1.29 is 9.53 Å². The van der Waals surface area contributed by atoms with Gasteiger partial charge in [-0.25, -0.2) is 0 Å². The van der Waals surface area contributed by atoms with Crippen LogP contribution in [0.15, 0.2) is 0 Å². The molecule has 4 fully saturated rings. The summed E-state index contributed by atoms with van der Waals surface area (Å²) in [6, 6.07) is 0.436. The van der Waals surface area contributed by atoms with Crippen LogP contribution in [0.1, 0.15) is 32.1 Å². The molecule has 4 aliphatic rings. The minimum Gasteiger partial charge on any atom is -0.374 e. The number of hydrogen-bond acceptors (Lipinski definition) is 3. The summed E-state index contributed by atoms with van der Waals surface area (Å²) in [6.45, 7) is 3.00. The maximum Gasteiger partial charge on any atom is 0.224 e. The van der Waals surface area contributed by atoms with E-state index in [-0.39, 0.29) is 12.4 Å². The molecule has 0 aromatic carbocycles. The zero-order chi connectivity index (χ0) is 12.1. The number of halogens is 1. The molecule has 0 saturated carbocycles. The number of fused-ring (bicyclic) bond motifs is 5. The van der Waals surface area contributed by atoms with Gasteiger partial charge in [0, 0.05) is 37.4 Å². The molecular formula is C14H23ClN2O2. The van der Waals surface area contributed by atoms with Gasteiger partial charge >= 0.3 is 0 Å². The van der Waals surface area contributed by atoms with Crippen LogP contribution in [0.2, 0.25) is 0 Å². The van der Waals surface area contributed by atoms with Gasteiger partial charge in [-0.1, -0.05) is 0 Å². The molecule has 0 radical (unpaired) electrons. The van der Waals surface area contributed by atoms with Crippen LogP contribution in [0.25, 0.3) is 0 Å². The zero-order valence-electron chi connectivity index (χ0n) is 11.2. The second-order valence-electron chi connectivity index (χ2n) is 6.41. The van der Waals surface area contributed by atoms with Crippen molar-refractivity contribution in [3.8, 4) is 0 Å². The third kappa shape index (κ3) is 2.28. The van der Waals surface area contributed by atoms with Crippen molar-refractivity contribution in [3.05, 3.63) is 0 Å². The van der Waals surface area contributed by atoms with Crippen LogP contribution in [0.4, 0.5) is 0 Å². The Balaban J connectivity index is 0.00000110. The predicted molar refractivity (Wildman–Crippen MR) is 74.3 cm³/mol. The molecule has 5 heteroatoms. The van der Waals surface area contributed by atoms with Gasteiger partial charge in [0.1, 0.15) is 0 Å². The highest BCUT2D eigenvalue weighted by Crippen LogP contribution is 2.47. The van der Waals surface area contributed by atoms with Crippen LogP contribution >= 0.6 is 12.4 Å². The SMILES string of the molecule is Cl.O=C(CC1CCCN1)N1CC2C3CCC(O3)C2C1. The van der Waals surface area contributed by atoms with Crippen molar-refractivity contribution >= 4 is 18.3 Å². The second-order valence-corrected chi connectivity index (χ2v) is 6.41. The van der Waals surface area contributed by atoms with E-state index in [9.17, 15) is 4.79 Å². The molecule has 4 aliphatic heterocycles. The molecular weight excluding hydrogens is 264 g/mol. The number of amides is 1. The standard InChI is InChI=1S/C14H22N2O2.ClH/c17-14(6-9-2-1-5-15-9)16-7-10-11(8-16)13-4-3-12(10)18-13;/h9-13,15H,1-8H2;1H. The van der Waals surface area contributed by atoms with E-state index in [1.54, 1.807) is 0 Å². The summed E-state index contributed by atoms with van der Waals surface area (Å²) < 4.78 is 5.95. The molecule has 4 heterocycles. The van der Waals surface area contributed by atoms with Gasteiger partial charge < -0.3 is 15.0 Å². The van der Waals surface area contributed by atoms with E-state index in [0.29, 0.717) is 42.4 Å². The van der Waals surface area contributed by atoms with E-state index < -0.39 is 0 Å². The van der Waals surface area contributed by atoms with Gasteiger partial charge in [0.2, 0.25) is 5.91 Å². The van der Waals surface area contributed by atoms with Crippen LogP contribution in [-0.4, -0.2) is 48.7 Å². The molecule has 4 nitrogen and oxygen atoms in total. The van der Waals surface area contributed by atoms with Crippen molar-refractivity contribution in [2.45, 2.75) is 50.4 Å². The summed E-state index contributed by atoms with van der Waals surface area (Å²) in [6.07, 6.45) is 6.46. The number of carbonyl (C=O) groups excluding carboxylic acids is 1. The fourth-order valence-electron chi connectivity index (χ4n) is 4.43. The molecule has 0 aromatic rings. The lowest BCUT2D eigenvalue weighted by atomic mass is 9.82. The number of rotatable bonds is 2. The molecule has 5 atom stereocenters. The quantitative estimate of drug-likeness (QED) is 0.829. The molecule has 108 valence electrons. The lowest BCUT2D eigenvalue weighted by molar-refractivity contribution is -0.131. The Kier molecular flexibility index (Phi) is 3.76. The number of ether oxygens (including phenoxy) is 1. The van der Waals surface area contributed by atoms with Crippen molar-refractivity contribution in [1.29, 1.82) is 0 Å². The molecule has 0 aromatic heterocycles. The van der Waals surface area contributed by atoms with Crippen molar-refractivity contribution in [3.63, 3.8) is 0 Å². The van der Waals surface area contributed by atoms with E-state index in [4.69, 9.17) is 4.74 Å². The van der Waals surface area contributed by atoms with Crippen LogP contribution in [0, 0.1) is 11.8 Å². The first-order valence-electron chi connectivity index (χ1n) is 7.48. The fourth-order valence-corrected chi connectivity index (χ4v) is 4.43.